The van der Waals surface area contributed by atoms with E-state index in [0.29, 0.717) is 5.92 Å². The molecule has 0 heterocycles. The first kappa shape index (κ1) is 13.5. The van der Waals surface area contributed by atoms with Crippen LogP contribution >= 0.6 is 39.1 Å². The molecular weight excluding hydrogens is 343 g/mol. The Morgan fingerprint density at radius 1 is 1.16 bits per heavy atom. The van der Waals surface area contributed by atoms with Gasteiger partial charge in [-0.2, -0.15) is 0 Å². The van der Waals surface area contributed by atoms with Crippen molar-refractivity contribution < 1.29 is 0 Å². The fourth-order valence-electron chi connectivity index (χ4n) is 2.77. The molecule has 0 nitrogen and oxygen atoms in total. The van der Waals surface area contributed by atoms with E-state index in [-0.39, 0.29) is 5.38 Å². The highest BCUT2D eigenvalue weighted by Crippen LogP contribution is 2.42. The standard InChI is InChI=1S/C16H13BrCl2/c17-13-6-5-11(15(18)9-13)8-12-7-10-3-1-2-4-14(10)16(12)19/h1-6,9,12,16H,7-8H2. The highest BCUT2D eigenvalue weighted by molar-refractivity contribution is 9.10. The zero-order valence-electron chi connectivity index (χ0n) is 10.2. The van der Waals surface area contributed by atoms with Gasteiger partial charge in [0.1, 0.15) is 0 Å². The van der Waals surface area contributed by atoms with Crippen molar-refractivity contribution in [2.75, 3.05) is 0 Å². The lowest BCUT2D eigenvalue weighted by atomic mass is 9.96. The summed E-state index contributed by atoms with van der Waals surface area (Å²) < 4.78 is 1.01. The maximum absolute atomic E-state index is 6.59. The third kappa shape index (κ3) is 2.69. The lowest BCUT2D eigenvalue weighted by Crippen LogP contribution is -2.07. The van der Waals surface area contributed by atoms with Gasteiger partial charge >= 0.3 is 0 Å². The fourth-order valence-corrected chi connectivity index (χ4v) is 3.92. The minimum atomic E-state index is 0.0934. The molecule has 0 saturated carbocycles. The number of benzene rings is 2. The summed E-state index contributed by atoms with van der Waals surface area (Å²) >= 11 is 16.3. The highest BCUT2D eigenvalue weighted by atomic mass is 79.9. The molecular formula is C16H13BrCl2. The molecule has 0 amide bonds. The van der Waals surface area contributed by atoms with Crippen LogP contribution in [0.1, 0.15) is 22.1 Å². The molecule has 0 spiro atoms. The SMILES string of the molecule is Clc1cc(Br)ccc1CC1Cc2ccccc2C1Cl. The predicted octanol–water partition coefficient (Wildman–Crippen LogP) is 5.80. The van der Waals surface area contributed by atoms with Gasteiger partial charge in [-0.1, -0.05) is 57.9 Å². The van der Waals surface area contributed by atoms with Gasteiger partial charge in [0.15, 0.2) is 0 Å². The first-order chi connectivity index (χ1) is 9.15. The lowest BCUT2D eigenvalue weighted by molar-refractivity contribution is 0.543. The number of rotatable bonds is 2. The van der Waals surface area contributed by atoms with Crippen molar-refractivity contribution in [2.24, 2.45) is 5.92 Å². The van der Waals surface area contributed by atoms with Crippen LogP contribution in [0.15, 0.2) is 46.9 Å². The van der Waals surface area contributed by atoms with E-state index in [0.717, 1.165) is 22.3 Å². The second kappa shape index (κ2) is 5.47. The molecule has 0 aliphatic heterocycles. The average Bonchev–Trinajstić information content (AvgIpc) is 2.70. The maximum Gasteiger partial charge on any atom is 0.0622 e. The van der Waals surface area contributed by atoms with Gasteiger partial charge in [-0.05, 0) is 47.6 Å². The lowest BCUT2D eigenvalue weighted by Gasteiger charge is -2.15. The van der Waals surface area contributed by atoms with Crippen molar-refractivity contribution in [1.82, 2.24) is 0 Å². The van der Waals surface area contributed by atoms with E-state index in [1.165, 1.54) is 16.7 Å². The largest absolute Gasteiger partial charge is 0.117 e. The molecule has 0 radical (unpaired) electrons. The van der Waals surface area contributed by atoms with E-state index in [4.69, 9.17) is 23.2 Å². The molecule has 19 heavy (non-hydrogen) atoms. The summed E-state index contributed by atoms with van der Waals surface area (Å²) in [5.74, 6) is 0.428. The molecule has 98 valence electrons. The molecule has 0 fully saturated rings. The Morgan fingerprint density at radius 3 is 2.68 bits per heavy atom. The van der Waals surface area contributed by atoms with Gasteiger partial charge in [0.25, 0.3) is 0 Å². The van der Waals surface area contributed by atoms with Crippen LogP contribution in [0.5, 0.6) is 0 Å². The smallest absolute Gasteiger partial charge is 0.0622 e. The minimum Gasteiger partial charge on any atom is -0.117 e. The van der Waals surface area contributed by atoms with Crippen LogP contribution in [0.4, 0.5) is 0 Å². The first-order valence-corrected chi connectivity index (χ1v) is 7.91. The molecule has 1 aliphatic carbocycles. The summed E-state index contributed by atoms with van der Waals surface area (Å²) in [7, 11) is 0. The van der Waals surface area contributed by atoms with Crippen LogP contribution in [0.2, 0.25) is 5.02 Å². The molecule has 0 aromatic heterocycles. The zero-order valence-corrected chi connectivity index (χ0v) is 13.3. The second-order valence-electron chi connectivity index (χ2n) is 5.00. The first-order valence-electron chi connectivity index (χ1n) is 6.31. The molecule has 2 aromatic carbocycles. The Kier molecular flexibility index (Phi) is 3.88. The van der Waals surface area contributed by atoms with Crippen LogP contribution in [0.3, 0.4) is 0 Å². The van der Waals surface area contributed by atoms with Gasteiger partial charge in [-0.25, -0.2) is 0 Å². The van der Waals surface area contributed by atoms with Gasteiger partial charge in [0, 0.05) is 9.50 Å². The van der Waals surface area contributed by atoms with Crippen molar-refractivity contribution in [3.63, 3.8) is 0 Å². The van der Waals surface area contributed by atoms with Crippen molar-refractivity contribution in [3.8, 4) is 0 Å². The molecule has 1 aliphatic rings. The molecule has 2 atom stereocenters. The highest BCUT2D eigenvalue weighted by Gasteiger charge is 2.30. The van der Waals surface area contributed by atoms with Crippen molar-refractivity contribution in [3.05, 3.63) is 68.7 Å². The van der Waals surface area contributed by atoms with Crippen molar-refractivity contribution >= 4 is 39.1 Å². The Bertz CT molecular complexity index is 609. The van der Waals surface area contributed by atoms with E-state index < -0.39 is 0 Å². The number of hydrogen-bond acceptors (Lipinski definition) is 0. The molecule has 3 heteroatoms. The third-order valence-electron chi connectivity index (χ3n) is 3.75. The Morgan fingerprint density at radius 2 is 1.95 bits per heavy atom. The van der Waals surface area contributed by atoms with E-state index in [1.807, 2.05) is 12.1 Å². The van der Waals surface area contributed by atoms with E-state index in [2.05, 4.69) is 46.3 Å². The Hall–Kier alpha value is -0.500. The van der Waals surface area contributed by atoms with E-state index >= 15 is 0 Å². The quantitative estimate of drug-likeness (QED) is 0.597. The third-order valence-corrected chi connectivity index (χ3v) is 5.18. The van der Waals surface area contributed by atoms with Crippen LogP contribution in [0.25, 0.3) is 0 Å². The number of fused-ring (bicyclic) bond motifs is 1. The summed E-state index contributed by atoms with van der Waals surface area (Å²) in [5, 5.41) is 0.908. The summed E-state index contributed by atoms with van der Waals surface area (Å²) in [6, 6.07) is 14.5. The summed E-state index contributed by atoms with van der Waals surface area (Å²) in [5.41, 5.74) is 3.83. The summed E-state index contributed by atoms with van der Waals surface area (Å²) in [4.78, 5) is 0. The van der Waals surface area contributed by atoms with Crippen molar-refractivity contribution in [1.29, 1.82) is 0 Å². The molecule has 3 rings (SSSR count). The van der Waals surface area contributed by atoms with E-state index in [1.54, 1.807) is 0 Å². The zero-order chi connectivity index (χ0) is 13.4. The van der Waals surface area contributed by atoms with Crippen molar-refractivity contribution in [2.45, 2.75) is 18.2 Å². The van der Waals surface area contributed by atoms with Crippen LogP contribution < -0.4 is 0 Å². The van der Waals surface area contributed by atoms with E-state index in [9.17, 15) is 0 Å². The summed E-state index contributed by atoms with van der Waals surface area (Å²) in [6.07, 6.45) is 1.96. The van der Waals surface area contributed by atoms with Gasteiger partial charge < -0.3 is 0 Å². The van der Waals surface area contributed by atoms with Crippen LogP contribution in [0, 0.1) is 5.92 Å². The molecule has 0 saturated heterocycles. The Labute approximate surface area is 131 Å². The number of hydrogen-bond donors (Lipinski definition) is 0. The molecule has 2 aromatic rings. The minimum absolute atomic E-state index is 0.0934. The van der Waals surface area contributed by atoms with Crippen LogP contribution in [-0.2, 0) is 12.8 Å². The molecule has 2 unspecified atom stereocenters. The summed E-state index contributed by atoms with van der Waals surface area (Å²) in [6.45, 7) is 0. The monoisotopic (exact) mass is 354 g/mol. The topological polar surface area (TPSA) is 0 Å². The van der Waals surface area contributed by atoms with Gasteiger partial charge in [0.05, 0.1) is 5.38 Å². The normalized spacial score (nSPS) is 21.4. The Balaban J connectivity index is 1.83. The number of alkyl halides is 1. The van der Waals surface area contributed by atoms with Crippen LogP contribution in [-0.4, -0.2) is 0 Å². The number of halogens is 3. The molecule has 0 bridgehead atoms. The predicted molar refractivity (Wildman–Crippen MR) is 85.1 cm³/mol. The van der Waals surface area contributed by atoms with Gasteiger partial charge in [-0.3, -0.25) is 0 Å². The second-order valence-corrected chi connectivity index (χ2v) is 6.80. The maximum atomic E-state index is 6.59. The van der Waals surface area contributed by atoms with Gasteiger partial charge in [0.2, 0.25) is 0 Å². The van der Waals surface area contributed by atoms with Gasteiger partial charge in [-0.15, -0.1) is 11.6 Å². The fraction of sp³-hybridized carbons (Fsp3) is 0.250. The average molecular weight is 356 g/mol. The molecule has 0 N–H and O–H groups in total.